The molecule has 0 unspecified atom stereocenters. The molecule has 0 spiro atoms. The van der Waals surface area contributed by atoms with Crippen LogP contribution in [0.25, 0.3) is 11.3 Å². The molecule has 120 valence electrons. The molecule has 3 rings (SSSR count). The highest BCUT2D eigenvalue weighted by molar-refractivity contribution is 5.96. The van der Waals surface area contributed by atoms with Crippen LogP contribution in [0, 0.1) is 6.92 Å². The maximum Gasteiger partial charge on any atom is 0.175 e. The first-order chi connectivity index (χ1) is 11.6. The lowest BCUT2D eigenvalue weighted by Gasteiger charge is -1.95. The molecule has 1 heterocycles. The third-order valence-corrected chi connectivity index (χ3v) is 3.37. The minimum atomic E-state index is 0.159. The van der Waals surface area contributed by atoms with Crippen molar-refractivity contribution >= 4 is 12.1 Å². The second-order valence-corrected chi connectivity index (χ2v) is 5.26. The Morgan fingerprint density at radius 2 is 1.83 bits per heavy atom. The largest absolute Gasteiger partial charge is 0.508 e. The molecule has 6 heteroatoms. The normalized spacial score (nSPS) is 12.0. The Balaban J connectivity index is 1.74. The van der Waals surface area contributed by atoms with E-state index in [0.717, 1.165) is 11.1 Å². The number of aromatic hydroxyl groups is 1. The highest BCUT2D eigenvalue weighted by Crippen LogP contribution is 2.20. The fraction of sp³-hybridized carbons (Fsp3) is 0.0556. The average molecular weight is 320 g/mol. The number of hydrogen-bond acceptors (Lipinski definition) is 5. The quantitative estimate of drug-likeness (QED) is 0.438. The average Bonchev–Trinajstić information content (AvgIpc) is 3.07. The van der Waals surface area contributed by atoms with Crippen molar-refractivity contribution in [2.24, 2.45) is 15.9 Å². The van der Waals surface area contributed by atoms with E-state index in [9.17, 15) is 5.11 Å². The maximum atomic E-state index is 9.22. The summed E-state index contributed by atoms with van der Waals surface area (Å²) in [7, 11) is 0. The molecule has 3 N–H and O–H groups in total. The molecule has 3 aromatic rings. The lowest BCUT2D eigenvalue weighted by atomic mass is 10.1. The zero-order valence-corrected chi connectivity index (χ0v) is 13.0. The van der Waals surface area contributed by atoms with Gasteiger partial charge < -0.3 is 15.4 Å². The Bertz CT molecular complexity index is 878. The molecule has 0 atom stereocenters. The van der Waals surface area contributed by atoms with E-state index in [1.807, 2.05) is 31.2 Å². The molecular formula is C18H16N4O2. The summed E-state index contributed by atoms with van der Waals surface area (Å²) >= 11 is 0. The van der Waals surface area contributed by atoms with E-state index in [1.54, 1.807) is 30.3 Å². The van der Waals surface area contributed by atoms with E-state index in [2.05, 4.69) is 15.4 Å². The van der Waals surface area contributed by atoms with E-state index < -0.39 is 0 Å². The summed E-state index contributed by atoms with van der Waals surface area (Å²) in [5, 5.41) is 21.0. The summed E-state index contributed by atoms with van der Waals surface area (Å²) in [5.74, 6) is 0.971. The Morgan fingerprint density at radius 3 is 2.54 bits per heavy atom. The minimum absolute atomic E-state index is 0.159. The number of nitrogens with two attached hydrogens (primary N) is 1. The number of amidine groups is 1. The number of rotatable bonds is 4. The summed E-state index contributed by atoms with van der Waals surface area (Å²) in [4.78, 5) is 0. The Kier molecular flexibility index (Phi) is 4.38. The van der Waals surface area contributed by atoms with E-state index >= 15 is 0 Å². The van der Waals surface area contributed by atoms with Crippen LogP contribution in [0.3, 0.4) is 0 Å². The van der Waals surface area contributed by atoms with Gasteiger partial charge in [0.25, 0.3) is 0 Å². The second-order valence-electron chi connectivity index (χ2n) is 5.26. The van der Waals surface area contributed by atoms with Crippen molar-refractivity contribution < 1.29 is 9.63 Å². The van der Waals surface area contributed by atoms with Crippen LogP contribution in [0.15, 0.2) is 69.3 Å². The molecule has 0 aliphatic carbocycles. The molecule has 0 saturated carbocycles. The van der Waals surface area contributed by atoms with E-state index in [1.165, 1.54) is 11.8 Å². The number of benzene rings is 2. The van der Waals surface area contributed by atoms with Crippen LogP contribution in [-0.2, 0) is 0 Å². The van der Waals surface area contributed by atoms with Crippen molar-refractivity contribution in [1.29, 1.82) is 0 Å². The molecule has 6 nitrogen and oxygen atoms in total. The van der Waals surface area contributed by atoms with Gasteiger partial charge in [0.1, 0.15) is 5.75 Å². The van der Waals surface area contributed by atoms with Crippen LogP contribution >= 0.6 is 0 Å². The molecule has 0 radical (unpaired) electrons. The third kappa shape index (κ3) is 3.67. The molecule has 24 heavy (non-hydrogen) atoms. The van der Waals surface area contributed by atoms with Crippen LogP contribution in [0.4, 0.5) is 0 Å². The van der Waals surface area contributed by atoms with Crippen molar-refractivity contribution in [3.8, 4) is 17.1 Å². The Labute approximate surface area is 139 Å². The molecule has 0 bridgehead atoms. The van der Waals surface area contributed by atoms with Gasteiger partial charge in [-0.2, -0.15) is 5.10 Å². The standard InChI is InChI=1S/C18H16N4O2/c1-12-2-6-14(7-3-12)17-10-16(22-24-17)18(19)21-20-11-13-4-8-15(23)9-5-13/h2-11,23H,1H3,(H2,19,21). The summed E-state index contributed by atoms with van der Waals surface area (Å²) in [6.45, 7) is 2.02. The minimum Gasteiger partial charge on any atom is -0.508 e. The summed E-state index contributed by atoms with van der Waals surface area (Å²) < 4.78 is 5.30. The third-order valence-electron chi connectivity index (χ3n) is 3.37. The monoisotopic (exact) mass is 320 g/mol. The van der Waals surface area contributed by atoms with Crippen LogP contribution in [0.5, 0.6) is 5.75 Å². The molecule has 0 saturated heterocycles. The predicted molar refractivity (Wildman–Crippen MR) is 93.1 cm³/mol. The van der Waals surface area contributed by atoms with Gasteiger partial charge in [0.2, 0.25) is 0 Å². The van der Waals surface area contributed by atoms with Crippen molar-refractivity contribution in [1.82, 2.24) is 5.16 Å². The molecule has 0 aliphatic rings. The number of nitrogens with zero attached hydrogens (tertiary/aromatic N) is 3. The first-order valence-electron chi connectivity index (χ1n) is 7.31. The van der Waals surface area contributed by atoms with Crippen LogP contribution in [0.2, 0.25) is 0 Å². The zero-order valence-electron chi connectivity index (χ0n) is 13.0. The van der Waals surface area contributed by atoms with Crippen molar-refractivity contribution in [3.05, 3.63) is 71.4 Å². The Morgan fingerprint density at radius 1 is 1.12 bits per heavy atom. The van der Waals surface area contributed by atoms with Crippen LogP contribution in [-0.4, -0.2) is 22.3 Å². The highest BCUT2D eigenvalue weighted by atomic mass is 16.5. The first kappa shape index (κ1) is 15.5. The topological polar surface area (TPSA) is 97.0 Å². The molecular weight excluding hydrogens is 304 g/mol. The number of phenols is 1. The van der Waals surface area contributed by atoms with Gasteiger partial charge in [-0.05, 0) is 36.8 Å². The molecule has 2 aromatic carbocycles. The van der Waals surface area contributed by atoms with Crippen molar-refractivity contribution in [2.75, 3.05) is 0 Å². The van der Waals surface area contributed by atoms with E-state index in [4.69, 9.17) is 10.3 Å². The van der Waals surface area contributed by atoms with Gasteiger partial charge in [-0.3, -0.25) is 0 Å². The number of aryl methyl sites for hydroxylation is 1. The van der Waals surface area contributed by atoms with Gasteiger partial charge in [0, 0.05) is 11.6 Å². The van der Waals surface area contributed by atoms with Gasteiger partial charge in [-0.25, -0.2) is 0 Å². The Hall–Kier alpha value is -3.41. The number of hydrogen-bond donors (Lipinski definition) is 2. The van der Waals surface area contributed by atoms with Crippen molar-refractivity contribution in [3.63, 3.8) is 0 Å². The van der Waals surface area contributed by atoms with E-state index in [0.29, 0.717) is 11.5 Å². The SMILES string of the molecule is Cc1ccc(-c2cc(C(N)=NN=Cc3ccc(O)cc3)no2)cc1. The molecule has 1 aromatic heterocycles. The lowest BCUT2D eigenvalue weighted by Crippen LogP contribution is -2.12. The van der Waals surface area contributed by atoms with Gasteiger partial charge in [-0.15, -0.1) is 5.10 Å². The van der Waals surface area contributed by atoms with Gasteiger partial charge in [0.05, 0.1) is 6.21 Å². The summed E-state index contributed by atoms with van der Waals surface area (Å²) in [5.41, 5.74) is 9.18. The molecule has 0 aliphatic heterocycles. The molecule has 0 amide bonds. The lowest BCUT2D eigenvalue weighted by molar-refractivity contribution is 0.430. The van der Waals surface area contributed by atoms with Crippen molar-refractivity contribution in [2.45, 2.75) is 6.92 Å². The van der Waals surface area contributed by atoms with Gasteiger partial charge >= 0.3 is 0 Å². The van der Waals surface area contributed by atoms with E-state index in [-0.39, 0.29) is 11.6 Å². The smallest absolute Gasteiger partial charge is 0.175 e. The summed E-state index contributed by atoms with van der Waals surface area (Å²) in [6, 6.07) is 16.2. The number of phenolic OH excluding ortho intramolecular Hbond substituents is 1. The zero-order chi connectivity index (χ0) is 16.9. The summed E-state index contributed by atoms with van der Waals surface area (Å²) in [6.07, 6.45) is 1.53. The fourth-order valence-electron chi connectivity index (χ4n) is 2.02. The molecule has 0 fully saturated rings. The maximum absolute atomic E-state index is 9.22. The highest BCUT2D eigenvalue weighted by Gasteiger charge is 2.09. The first-order valence-corrected chi connectivity index (χ1v) is 7.31. The van der Waals surface area contributed by atoms with Gasteiger partial charge in [0.15, 0.2) is 17.3 Å². The predicted octanol–water partition coefficient (Wildman–Crippen LogP) is 3.10. The van der Waals surface area contributed by atoms with Crippen LogP contribution in [0.1, 0.15) is 16.8 Å². The van der Waals surface area contributed by atoms with Crippen LogP contribution < -0.4 is 5.73 Å². The number of aromatic nitrogens is 1. The fourth-order valence-corrected chi connectivity index (χ4v) is 2.02. The van der Waals surface area contributed by atoms with Gasteiger partial charge in [-0.1, -0.05) is 35.0 Å². The second kappa shape index (κ2) is 6.78.